The Kier molecular flexibility index (Phi) is 4.32. The number of pyridine rings is 1. The number of hydrogen-bond donors (Lipinski definition) is 1. The van der Waals surface area contributed by atoms with Crippen LogP contribution >= 0.6 is 0 Å². The van der Waals surface area contributed by atoms with Crippen LogP contribution < -0.4 is 15.8 Å². The summed E-state index contributed by atoms with van der Waals surface area (Å²) >= 11 is 0. The van der Waals surface area contributed by atoms with Gasteiger partial charge in [0.2, 0.25) is 5.95 Å². The minimum absolute atomic E-state index is 0.0179. The fourth-order valence-corrected chi connectivity index (χ4v) is 3.59. The summed E-state index contributed by atoms with van der Waals surface area (Å²) in [5, 5.41) is 4.14. The predicted molar refractivity (Wildman–Crippen MR) is 105 cm³/mol. The van der Waals surface area contributed by atoms with Gasteiger partial charge in [-0.15, -0.1) is 0 Å². The van der Waals surface area contributed by atoms with Crippen LogP contribution in [0, 0.1) is 0 Å². The van der Waals surface area contributed by atoms with Gasteiger partial charge in [0.25, 0.3) is 5.56 Å². The Labute approximate surface area is 152 Å². The zero-order valence-electron chi connectivity index (χ0n) is 15.1. The summed E-state index contributed by atoms with van der Waals surface area (Å²) in [6.45, 7) is 0. The maximum atomic E-state index is 12.5. The standard InChI is InChI=1S/C20H23N5O/c1-24(2)16-10-8-15(9-11-16)22-20-21-13-14-7-12-18(26)25(19(14)23-20)17-5-3-4-6-17/h7-13,17H,3-6H2,1-2H3,(H,21,22,23). The minimum atomic E-state index is 0.0179. The van der Waals surface area contributed by atoms with Crippen molar-refractivity contribution in [2.24, 2.45) is 0 Å². The quantitative estimate of drug-likeness (QED) is 0.778. The van der Waals surface area contributed by atoms with E-state index in [9.17, 15) is 4.79 Å². The monoisotopic (exact) mass is 349 g/mol. The number of nitrogens with zero attached hydrogens (tertiary/aromatic N) is 4. The molecule has 1 aliphatic carbocycles. The van der Waals surface area contributed by atoms with Gasteiger partial charge in [-0.05, 0) is 43.2 Å². The van der Waals surface area contributed by atoms with Gasteiger partial charge in [-0.1, -0.05) is 12.8 Å². The highest BCUT2D eigenvalue weighted by atomic mass is 16.1. The average molecular weight is 349 g/mol. The number of benzene rings is 1. The van der Waals surface area contributed by atoms with Crippen molar-refractivity contribution < 1.29 is 0 Å². The van der Waals surface area contributed by atoms with Crippen LogP contribution in [0.15, 0.2) is 47.4 Å². The highest BCUT2D eigenvalue weighted by Crippen LogP contribution is 2.30. The number of hydrogen-bond acceptors (Lipinski definition) is 5. The fraction of sp³-hybridized carbons (Fsp3) is 0.350. The molecule has 0 aliphatic heterocycles. The van der Waals surface area contributed by atoms with E-state index in [1.165, 1.54) is 12.8 Å². The molecule has 1 aromatic carbocycles. The summed E-state index contributed by atoms with van der Waals surface area (Å²) in [5.74, 6) is 0.507. The van der Waals surface area contributed by atoms with Crippen molar-refractivity contribution in [1.29, 1.82) is 0 Å². The SMILES string of the molecule is CN(C)c1ccc(Nc2ncc3ccc(=O)n(C4CCCC4)c3n2)cc1. The van der Waals surface area contributed by atoms with E-state index in [4.69, 9.17) is 0 Å². The van der Waals surface area contributed by atoms with Crippen molar-refractivity contribution in [1.82, 2.24) is 14.5 Å². The van der Waals surface area contributed by atoms with Crippen molar-refractivity contribution in [3.63, 3.8) is 0 Å². The highest BCUT2D eigenvalue weighted by molar-refractivity contribution is 5.76. The van der Waals surface area contributed by atoms with Gasteiger partial charge in [0.15, 0.2) is 0 Å². The molecule has 1 N–H and O–H groups in total. The molecule has 6 nitrogen and oxygen atoms in total. The van der Waals surface area contributed by atoms with Gasteiger partial charge in [0.1, 0.15) is 5.65 Å². The first-order chi connectivity index (χ1) is 12.6. The summed E-state index contributed by atoms with van der Waals surface area (Å²) < 4.78 is 1.85. The Morgan fingerprint density at radius 2 is 1.81 bits per heavy atom. The molecule has 26 heavy (non-hydrogen) atoms. The molecule has 0 atom stereocenters. The zero-order chi connectivity index (χ0) is 18.1. The van der Waals surface area contributed by atoms with Crippen LogP contribution in [0.4, 0.5) is 17.3 Å². The van der Waals surface area contributed by atoms with Gasteiger partial charge in [0.05, 0.1) is 0 Å². The Bertz CT molecular complexity index is 972. The first kappa shape index (κ1) is 16.6. The van der Waals surface area contributed by atoms with E-state index in [0.717, 1.165) is 29.6 Å². The van der Waals surface area contributed by atoms with Crippen LogP contribution in [0.25, 0.3) is 11.0 Å². The molecular weight excluding hydrogens is 326 g/mol. The average Bonchev–Trinajstić information content (AvgIpc) is 3.16. The van der Waals surface area contributed by atoms with Crippen molar-refractivity contribution in [2.45, 2.75) is 31.7 Å². The van der Waals surface area contributed by atoms with E-state index in [1.807, 2.05) is 42.9 Å². The molecule has 2 aromatic heterocycles. The van der Waals surface area contributed by atoms with Crippen LogP contribution in [0.3, 0.4) is 0 Å². The molecule has 0 bridgehead atoms. The second kappa shape index (κ2) is 6.78. The maximum Gasteiger partial charge on any atom is 0.252 e. The number of aromatic nitrogens is 3. The number of anilines is 3. The van der Waals surface area contributed by atoms with E-state index in [1.54, 1.807) is 18.3 Å². The molecule has 0 spiro atoms. The van der Waals surface area contributed by atoms with Crippen LogP contribution in [0.2, 0.25) is 0 Å². The molecule has 1 fully saturated rings. The summed E-state index contributed by atoms with van der Waals surface area (Å²) in [7, 11) is 4.02. The molecule has 0 amide bonds. The molecule has 134 valence electrons. The van der Waals surface area contributed by atoms with E-state index >= 15 is 0 Å². The molecular formula is C20H23N5O. The molecule has 0 unspecified atom stereocenters. The molecule has 4 rings (SSSR count). The molecule has 1 saturated carbocycles. The predicted octanol–water partition coefficient (Wildman–Crippen LogP) is 3.72. The van der Waals surface area contributed by atoms with Crippen molar-refractivity contribution in [3.8, 4) is 0 Å². The summed E-state index contributed by atoms with van der Waals surface area (Å²) in [5.41, 5.74) is 2.78. The van der Waals surface area contributed by atoms with Crippen LogP contribution in [0.1, 0.15) is 31.7 Å². The lowest BCUT2D eigenvalue weighted by Gasteiger charge is -2.16. The summed E-state index contributed by atoms with van der Waals surface area (Å²) in [6.07, 6.45) is 6.20. The maximum absolute atomic E-state index is 12.5. The van der Waals surface area contributed by atoms with Gasteiger partial charge in [-0.25, -0.2) is 4.98 Å². The third-order valence-corrected chi connectivity index (χ3v) is 5.00. The minimum Gasteiger partial charge on any atom is -0.378 e. The number of rotatable bonds is 4. The lowest BCUT2D eigenvalue weighted by Crippen LogP contribution is -2.23. The second-order valence-corrected chi connectivity index (χ2v) is 7.02. The highest BCUT2D eigenvalue weighted by Gasteiger charge is 2.20. The van der Waals surface area contributed by atoms with Crippen LogP contribution in [0.5, 0.6) is 0 Å². The lowest BCUT2D eigenvalue weighted by molar-refractivity contribution is 0.516. The number of fused-ring (bicyclic) bond motifs is 1. The van der Waals surface area contributed by atoms with Crippen molar-refractivity contribution in [3.05, 3.63) is 52.9 Å². The first-order valence-corrected chi connectivity index (χ1v) is 9.04. The van der Waals surface area contributed by atoms with Gasteiger partial charge in [-0.2, -0.15) is 4.98 Å². The third kappa shape index (κ3) is 3.14. The van der Waals surface area contributed by atoms with E-state index in [0.29, 0.717) is 11.6 Å². The molecule has 1 aliphatic rings. The molecule has 0 saturated heterocycles. The Morgan fingerprint density at radius 3 is 2.50 bits per heavy atom. The van der Waals surface area contributed by atoms with Gasteiger partial charge in [0, 0.05) is 49.2 Å². The Balaban J connectivity index is 1.70. The Morgan fingerprint density at radius 1 is 1.08 bits per heavy atom. The third-order valence-electron chi connectivity index (χ3n) is 5.00. The Hall–Kier alpha value is -2.89. The van der Waals surface area contributed by atoms with Crippen LogP contribution in [-0.2, 0) is 0 Å². The van der Waals surface area contributed by atoms with E-state index in [-0.39, 0.29) is 11.6 Å². The zero-order valence-corrected chi connectivity index (χ0v) is 15.1. The smallest absolute Gasteiger partial charge is 0.252 e. The molecule has 6 heteroatoms. The topological polar surface area (TPSA) is 63.1 Å². The molecule has 0 radical (unpaired) electrons. The summed E-state index contributed by atoms with van der Waals surface area (Å²) in [6, 6.07) is 11.7. The first-order valence-electron chi connectivity index (χ1n) is 9.04. The van der Waals surface area contributed by atoms with Gasteiger partial charge < -0.3 is 10.2 Å². The fourth-order valence-electron chi connectivity index (χ4n) is 3.59. The summed E-state index contributed by atoms with van der Waals surface area (Å²) in [4.78, 5) is 23.6. The van der Waals surface area contributed by atoms with Gasteiger partial charge in [-0.3, -0.25) is 9.36 Å². The lowest BCUT2D eigenvalue weighted by atomic mass is 10.2. The van der Waals surface area contributed by atoms with Crippen LogP contribution in [-0.4, -0.2) is 28.6 Å². The van der Waals surface area contributed by atoms with E-state index < -0.39 is 0 Å². The van der Waals surface area contributed by atoms with Gasteiger partial charge >= 0.3 is 0 Å². The molecule has 3 aromatic rings. The molecule has 2 heterocycles. The van der Waals surface area contributed by atoms with Crippen molar-refractivity contribution in [2.75, 3.05) is 24.3 Å². The normalized spacial score (nSPS) is 14.7. The van der Waals surface area contributed by atoms with E-state index in [2.05, 4.69) is 20.2 Å². The number of nitrogens with one attached hydrogen (secondary N) is 1. The second-order valence-electron chi connectivity index (χ2n) is 7.02. The van der Waals surface area contributed by atoms with Crippen molar-refractivity contribution >= 4 is 28.4 Å². The largest absolute Gasteiger partial charge is 0.378 e.